The summed E-state index contributed by atoms with van der Waals surface area (Å²) in [6.45, 7) is 5.06. The van der Waals surface area contributed by atoms with Crippen LogP contribution in [0.15, 0.2) is 54.6 Å². The predicted octanol–water partition coefficient (Wildman–Crippen LogP) is 3.08. The van der Waals surface area contributed by atoms with Crippen molar-refractivity contribution in [2.75, 3.05) is 17.1 Å². The van der Waals surface area contributed by atoms with Gasteiger partial charge in [-0.2, -0.15) is 0 Å². The molecule has 10 nitrogen and oxygen atoms in total. The number of hydrogen-bond donors (Lipinski definition) is 1. The minimum absolute atomic E-state index is 0.00758. The highest BCUT2D eigenvalue weighted by atomic mass is 32.2. The van der Waals surface area contributed by atoms with Gasteiger partial charge in [0.2, 0.25) is 21.8 Å². The van der Waals surface area contributed by atoms with Gasteiger partial charge in [-0.3, -0.25) is 24.0 Å². The first-order valence-electron chi connectivity index (χ1n) is 11.3. The van der Waals surface area contributed by atoms with Crippen LogP contribution in [-0.4, -0.2) is 54.9 Å². The Balaban J connectivity index is 2.45. The fourth-order valence-electron chi connectivity index (χ4n) is 3.52. The Labute approximate surface area is 206 Å². The number of nitrogens with zero attached hydrogens (tertiary/aromatic N) is 3. The molecule has 190 valence electrons. The third-order valence-corrected chi connectivity index (χ3v) is 6.73. The van der Waals surface area contributed by atoms with Crippen molar-refractivity contribution in [2.45, 2.75) is 52.2 Å². The monoisotopic (exact) mass is 504 g/mol. The maximum Gasteiger partial charge on any atom is 0.271 e. The van der Waals surface area contributed by atoms with Crippen molar-refractivity contribution >= 4 is 33.2 Å². The van der Waals surface area contributed by atoms with E-state index in [2.05, 4.69) is 5.32 Å². The molecular formula is C24H32N4O6S. The SMILES string of the molecule is CC[C@@H](C)NC(=O)[C@H](CC)N(Cc1ccccc1)C(=O)CN(c1cccc([N+](=O)[O-])c1)S(C)(=O)=O. The summed E-state index contributed by atoms with van der Waals surface area (Å²) in [6, 6.07) is 13.2. The summed E-state index contributed by atoms with van der Waals surface area (Å²) in [5.41, 5.74) is 0.466. The minimum Gasteiger partial charge on any atom is -0.352 e. The van der Waals surface area contributed by atoms with Crippen LogP contribution >= 0.6 is 0 Å². The van der Waals surface area contributed by atoms with E-state index in [-0.39, 0.29) is 29.9 Å². The summed E-state index contributed by atoms with van der Waals surface area (Å²) < 4.78 is 26.0. The average Bonchev–Trinajstić information content (AvgIpc) is 2.82. The highest BCUT2D eigenvalue weighted by Crippen LogP contribution is 2.24. The Kier molecular flexibility index (Phi) is 9.76. The lowest BCUT2D eigenvalue weighted by Gasteiger charge is -2.33. The second kappa shape index (κ2) is 12.3. The molecule has 0 saturated carbocycles. The number of carbonyl (C=O) groups excluding carboxylic acids is 2. The molecule has 0 saturated heterocycles. The molecule has 0 heterocycles. The van der Waals surface area contributed by atoms with E-state index in [1.807, 2.05) is 44.2 Å². The molecule has 0 spiro atoms. The minimum atomic E-state index is -3.97. The molecule has 1 N–H and O–H groups in total. The highest BCUT2D eigenvalue weighted by Gasteiger charge is 2.32. The Hall–Kier alpha value is -3.47. The molecular weight excluding hydrogens is 472 g/mol. The fourth-order valence-corrected chi connectivity index (χ4v) is 4.36. The van der Waals surface area contributed by atoms with Crippen molar-refractivity contribution < 1.29 is 22.9 Å². The number of nitro benzene ring substituents is 1. The van der Waals surface area contributed by atoms with Crippen LogP contribution in [0.5, 0.6) is 0 Å². The van der Waals surface area contributed by atoms with E-state index >= 15 is 0 Å². The average molecular weight is 505 g/mol. The molecule has 2 amide bonds. The van der Waals surface area contributed by atoms with Crippen LogP contribution in [0.1, 0.15) is 39.2 Å². The first kappa shape index (κ1) is 27.8. The first-order chi connectivity index (χ1) is 16.5. The number of sulfonamides is 1. The van der Waals surface area contributed by atoms with Gasteiger partial charge in [0.1, 0.15) is 12.6 Å². The van der Waals surface area contributed by atoms with Gasteiger partial charge < -0.3 is 10.2 Å². The van der Waals surface area contributed by atoms with Crippen LogP contribution in [0.3, 0.4) is 0 Å². The first-order valence-corrected chi connectivity index (χ1v) is 13.2. The van der Waals surface area contributed by atoms with Crippen LogP contribution < -0.4 is 9.62 Å². The van der Waals surface area contributed by atoms with Gasteiger partial charge in [-0.1, -0.05) is 50.2 Å². The number of nitro groups is 1. The summed E-state index contributed by atoms with van der Waals surface area (Å²) in [7, 11) is -3.97. The summed E-state index contributed by atoms with van der Waals surface area (Å²) in [4.78, 5) is 38.5. The van der Waals surface area contributed by atoms with Gasteiger partial charge in [0.25, 0.3) is 5.69 Å². The Morgan fingerprint density at radius 2 is 1.71 bits per heavy atom. The third kappa shape index (κ3) is 7.78. The lowest BCUT2D eigenvalue weighted by atomic mass is 10.1. The summed E-state index contributed by atoms with van der Waals surface area (Å²) in [5, 5.41) is 14.1. The molecule has 0 aliphatic carbocycles. The predicted molar refractivity (Wildman–Crippen MR) is 134 cm³/mol. The van der Waals surface area contributed by atoms with E-state index in [4.69, 9.17) is 0 Å². The molecule has 2 aromatic rings. The quantitative estimate of drug-likeness (QED) is 0.349. The van der Waals surface area contributed by atoms with Crippen LogP contribution in [0.2, 0.25) is 0 Å². The van der Waals surface area contributed by atoms with Crippen LogP contribution in [0, 0.1) is 10.1 Å². The number of nitrogens with one attached hydrogen (secondary N) is 1. The molecule has 35 heavy (non-hydrogen) atoms. The Bertz CT molecular complexity index is 1140. The number of carbonyl (C=O) groups is 2. The molecule has 0 aromatic heterocycles. The zero-order chi connectivity index (χ0) is 26.2. The maximum absolute atomic E-state index is 13.6. The highest BCUT2D eigenvalue weighted by molar-refractivity contribution is 7.92. The molecule has 2 rings (SSSR count). The van der Waals surface area contributed by atoms with Gasteiger partial charge in [0.15, 0.2) is 0 Å². The zero-order valence-electron chi connectivity index (χ0n) is 20.4. The summed E-state index contributed by atoms with van der Waals surface area (Å²) in [6.07, 6.45) is 1.95. The molecule has 0 radical (unpaired) electrons. The molecule has 2 aromatic carbocycles. The molecule has 0 aliphatic heterocycles. The normalized spacial score (nSPS) is 12.9. The van der Waals surface area contributed by atoms with Gasteiger partial charge in [-0.25, -0.2) is 8.42 Å². The largest absolute Gasteiger partial charge is 0.352 e. The van der Waals surface area contributed by atoms with Crippen LogP contribution in [0.4, 0.5) is 11.4 Å². The van der Waals surface area contributed by atoms with Crippen LogP contribution in [-0.2, 0) is 26.2 Å². The molecule has 0 unspecified atom stereocenters. The molecule has 11 heteroatoms. The van der Waals surface area contributed by atoms with Gasteiger partial charge in [0.05, 0.1) is 16.9 Å². The smallest absolute Gasteiger partial charge is 0.271 e. The lowest BCUT2D eigenvalue weighted by Crippen LogP contribution is -2.53. The second-order valence-corrected chi connectivity index (χ2v) is 10.2. The third-order valence-electron chi connectivity index (χ3n) is 5.59. The van der Waals surface area contributed by atoms with Crippen molar-refractivity contribution in [1.29, 1.82) is 0 Å². The second-order valence-electron chi connectivity index (χ2n) is 8.30. The van der Waals surface area contributed by atoms with Crippen LogP contribution in [0.25, 0.3) is 0 Å². The van der Waals surface area contributed by atoms with E-state index in [0.29, 0.717) is 12.8 Å². The van der Waals surface area contributed by atoms with Crippen molar-refractivity contribution in [3.8, 4) is 0 Å². The number of benzene rings is 2. The molecule has 0 aliphatic rings. The van der Waals surface area contributed by atoms with Gasteiger partial charge in [0, 0.05) is 24.7 Å². The van der Waals surface area contributed by atoms with Crippen molar-refractivity contribution in [3.05, 3.63) is 70.3 Å². The Morgan fingerprint density at radius 1 is 1.06 bits per heavy atom. The van der Waals surface area contributed by atoms with Crippen molar-refractivity contribution in [1.82, 2.24) is 10.2 Å². The van der Waals surface area contributed by atoms with Gasteiger partial charge in [-0.05, 0) is 31.4 Å². The number of rotatable bonds is 12. The topological polar surface area (TPSA) is 130 Å². The Morgan fingerprint density at radius 3 is 2.26 bits per heavy atom. The van der Waals surface area contributed by atoms with E-state index in [0.717, 1.165) is 22.2 Å². The van der Waals surface area contributed by atoms with E-state index < -0.39 is 33.4 Å². The van der Waals surface area contributed by atoms with Crippen molar-refractivity contribution in [2.24, 2.45) is 0 Å². The molecule has 0 fully saturated rings. The van der Waals surface area contributed by atoms with Gasteiger partial charge in [-0.15, -0.1) is 0 Å². The zero-order valence-corrected chi connectivity index (χ0v) is 21.2. The molecule has 0 bridgehead atoms. The number of amides is 2. The number of non-ortho nitro benzene ring substituents is 1. The number of hydrogen-bond acceptors (Lipinski definition) is 6. The van der Waals surface area contributed by atoms with E-state index in [1.165, 1.54) is 23.1 Å². The standard InChI is InChI=1S/C24H32N4O6S/c1-5-18(3)25-24(30)22(6-2)26(16-19-11-8-7-9-12-19)23(29)17-27(35(4,33)34)20-13-10-14-21(15-20)28(31)32/h7-15,18,22H,5-6,16-17H2,1-4H3,(H,25,30)/t18-,22+/m1/s1. The molecule has 2 atom stereocenters. The van der Waals surface area contributed by atoms with E-state index in [1.54, 1.807) is 6.92 Å². The van der Waals surface area contributed by atoms with Crippen molar-refractivity contribution in [3.63, 3.8) is 0 Å². The summed E-state index contributed by atoms with van der Waals surface area (Å²) >= 11 is 0. The summed E-state index contributed by atoms with van der Waals surface area (Å²) in [5.74, 6) is -0.927. The number of anilines is 1. The maximum atomic E-state index is 13.6. The fraction of sp³-hybridized carbons (Fsp3) is 0.417. The lowest BCUT2D eigenvalue weighted by molar-refractivity contribution is -0.384. The van der Waals surface area contributed by atoms with Gasteiger partial charge >= 0.3 is 0 Å². The van der Waals surface area contributed by atoms with E-state index in [9.17, 15) is 28.1 Å².